The predicted molar refractivity (Wildman–Crippen MR) is 107 cm³/mol. The van der Waals surface area contributed by atoms with E-state index in [4.69, 9.17) is 0 Å². The monoisotopic (exact) mass is 341 g/mol. The number of aromatic nitrogens is 2. The Hall–Kier alpha value is -1.57. The van der Waals surface area contributed by atoms with Gasteiger partial charge in [0.05, 0.1) is 13.1 Å². The van der Waals surface area contributed by atoms with Crippen molar-refractivity contribution in [2.75, 3.05) is 0 Å². The van der Waals surface area contributed by atoms with Crippen molar-refractivity contribution >= 4 is 0 Å². The molecule has 0 saturated carbocycles. The average molecular weight is 342 g/mol. The van der Waals surface area contributed by atoms with Crippen molar-refractivity contribution in [3.05, 3.63) is 54.1 Å². The lowest BCUT2D eigenvalue weighted by molar-refractivity contribution is -0.704. The maximum atomic E-state index is 2.49. The molecule has 0 bridgehead atoms. The molecule has 1 aromatic carbocycles. The second-order valence-corrected chi connectivity index (χ2v) is 7.15. The van der Waals surface area contributed by atoms with Gasteiger partial charge in [-0.3, -0.25) is 0 Å². The van der Waals surface area contributed by atoms with Gasteiger partial charge in [-0.25, -0.2) is 9.13 Å². The third kappa shape index (κ3) is 7.05. The Morgan fingerprint density at radius 2 is 1.52 bits per heavy atom. The van der Waals surface area contributed by atoms with Crippen LogP contribution in [0.15, 0.2) is 42.7 Å². The van der Waals surface area contributed by atoms with E-state index in [0.717, 1.165) is 13.1 Å². The average Bonchev–Trinajstić information content (AvgIpc) is 3.04. The van der Waals surface area contributed by atoms with E-state index in [2.05, 4.69) is 65.7 Å². The summed E-state index contributed by atoms with van der Waals surface area (Å²) in [5.74, 6) is 1.52. The number of aryl methyl sites for hydroxylation is 3. The number of hydrogen-bond donors (Lipinski definition) is 0. The predicted octanol–water partition coefficient (Wildman–Crippen LogP) is 5.72. The topological polar surface area (TPSA) is 8.81 Å². The Kier molecular flexibility index (Phi) is 9.40. The number of hydrogen-bond acceptors (Lipinski definition) is 0. The van der Waals surface area contributed by atoms with Gasteiger partial charge < -0.3 is 0 Å². The van der Waals surface area contributed by atoms with Gasteiger partial charge in [-0.15, -0.1) is 0 Å². The van der Waals surface area contributed by atoms with Crippen LogP contribution < -0.4 is 4.57 Å². The fraction of sp³-hybridized carbons (Fsp3) is 0.609. The van der Waals surface area contributed by atoms with Crippen LogP contribution in [0.5, 0.6) is 0 Å². The van der Waals surface area contributed by atoms with Crippen LogP contribution in [0.25, 0.3) is 0 Å². The molecule has 0 atom stereocenters. The van der Waals surface area contributed by atoms with Crippen LogP contribution in [0.4, 0.5) is 0 Å². The summed E-state index contributed by atoms with van der Waals surface area (Å²) in [5, 5.41) is 0. The van der Waals surface area contributed by atoms with E-state index in [1.165, 1.54) is 75.6 Å². The first-order valence-corrected chi connectivity index (χ1v) is 10.5. The van der Waals surface area contributed by atoms with E-state index in [9.17, 15) is 0 Å². The molecule has 0 spiro atoms. The van der Waals surface area contributed by atoms with Gasteiger partial charge in [0, 0.05) is 6.42 Å². The van der Waals surface area contributed by atoms with E-state index in [1.54, 1.807) is 0 Å². The number of imidazole rings is 1. The molecule has 0 aliphatic heterocycles. The minimum absolute atomic E-state index is 1.08. The lowest BCUT2D eigenvalue weighted by Gasteiger charge is -2.05. The van der Waals surface area contributed by atoms with Crippen LogP contribution in [-0.2, 0) is 25.9 Å². The zero-order chi connectivity index (χ0) is 17.7. The molecule has 0 aliphatic rings. The molecule has 2 nitrogen and oxygen atoms in total. The molecule has 2 heteroatoms. The highest BCUT2D eigenvalue weighted by Crippen LogP contribution is 2.10. The standard InChI is InChI=1S/C23H37N2/c1-3-5-6-7-8-9-13-18-23-24(4-2)20-21-25(23)19-14-17-22-15-11-10-12-16-22/h10-12,15-16,20-21H,3-9,13-14,17-19H2,1-2H3/q+1. The van der Waals surface area contributed by atoms with Gasteiger partial charge >= 0.3 is 0 Å². The largest absolute Gasteiger partial charge is 0.256 e. The molecular weight excluding hydrogens is 304 g/mol. The molecule has 0 aliphatic carbocycles. The van der Waals surface area contributed by atoms with Crippen LogP contribution >= 0.6 is 0 Å². The molecule has 1 aromatic heterocycles. The molecule has 0 radical (unpaired) electrons. The molecular formula is C23H37N2+. The molecule has 138 valence electrons. The third-order valence-electron chi connectivity index (χ3n) is 5.14. The highest BCUT2D eigenvalue weighted by atomic mass is 15.1. The minimum atomic E-state index is 1.08. The molecule has 0 fully saturated rings. The summed E-state index contributed by atoms with van der Waals surface area (Å²) >= 11 is 0. The number of nitrogens with zero attached hydrogens (tertiary/aromatic N) is 2. The highest BCUT2D eigenvalue weighted by molar-refractivity contribution is 5.14. The van der Waals surface area contributed by atoms with Gasteiger partial charge in [0.15, 0.2) is 0 Å². The van der Waals surface area contributed by atoms with E-state index >= 15 is 0 Å². The Balaban J connectivity index is 1.76. The van der Waals surface area contributed by atoms with Crippen LogP contribution in [0.3, 0.4) is 0 Å². The van der Waals surface area contributed by atoms with Crippen molar-refractivity contribution in [3.63, 3.8) is 0 Å². The summed E-state index contributed by atoms with van der Waals surface area (Å²) in [6.07, 6.45) is 17.8. The maximum absolute atomic E-state index is 2.49. The van der Waals surface area contributed by atoms with Gasteiger partial charge in [-0.1, -0.05) is 75.8 Å². The van der Waals surface area contributed by atoms with Gasteiger partial charge in [-0.05, 0) is 31.7 Å². The molecule has 0 N–H and O–H groups in total. The van der Waals surface area contributed by atoms with Crippen LogP contribution in [0.2, 0.25) is 0 Å². The van der Waals surface area contributed by atoms with Crippen molar-refractivity contribution in [2.24, 2.45) is 0 Å². The molecule has 0 unspecified atom stereocenters. The van der Waals surface area contributed by atoms with Crippen molar-refractivity contribution in [1.29, 1.82) is 0 Å². The second-order valence-electron chi connectivity index (χ2n) is 7.15. The zero-order valence-corrected chi connectivity index (χ0v) is 16.4. The zero-order valence-electron chi connectivity index (χ0n) is 16.4. The van der Waals surface area contributed by atoms with E-state index in [1.807, 2.05) is 0 Å². The highest BCUT2D eigenvalue weighted by Gasteiger charge is 2.15. The Bertz CT molecular complexity index is 571. The van der Waals surface area contributed by atoms with Gasteiger partial charge in [-0.2, -0.15) is 0 Å². The van der Waals surface area contributed by atoms with Gasteiger partial charge in [0.25, 0.3) is 5.82 Å². The number of benzene rings is 1. The summed E-state index contributed by atoms with van der Waals surface area (Å²) in [5.41, 5.74) is 1.45. The molecule has 0 saturated heterocycles. The minimum Gasteiger partial charge on any atom is -0.235 e. The first kappa shape index (κ1) is 19.8. The van der Waals surface area contributed by atoms with Crippen molar-refractivity contribution in [3.8, 4) is 0 Å². The van der Waals surface area contributed by atoms with Gasteiger partial charge in [0.1, 0.15) is 12.4 Å². The van der Waals surface area contributed by atoms with Crippen LogP contribution in [0, 0.1) is 0 Å². The number of unbranched alkanes of at least 4 members (excludes halogenated alkanes) is 6. The lowest BCUT2D eigenvalue weighted by Crippen LogP contribution is -2.37. The lowest BCUT2D eigenvalue weighted by atomic mass is 10.1. The van der Waals surface area contributed by atoms with Crippen LogP contribution in [0.1, 0.15) is 76.6 Å². The molecule has 25 heavy (non-hydrogen) atoms. The van der Waals surface area contributed by atoms with Crippen molar-refractivity contribution < 1.29 is 4.57 Å². The van der Waals surface area contributed by atoms with Gasteiger partial charge in [0.2, 0.25) is 0 Å². The molecule has 2 aromatic rings. The smallest absolute Gasteiger partial charge is 0.235 e. The fourth-order valence-electron chi connectivity index (χ4n) is 3.62. The van der Waals surface area contributed by atoms with E-state index in [-0.39, 0.29) is 0 Å². The van der Waals surface area contributed by atoms with E-state index < -0.39 is 0 Å². The summed E-state index contributed by atoms with van der Waals surface area (Å²) in [6, 6.07) is 10.9. The van der Waals surface area contributed by atoms with Crippen LogP contribution in [-0.4, -0.2) is 4.57 Å². The Labute approximate surface area is 154 Å². The Morgan fingerprint density at radius 1 is 0.800 bits per heavy atom. The van der Waals surface area contributed by atoms with Crippen molar-refractivity contribution in [2.45, 2.75) is 91.1 Å². The number of rotatable bonds is 13. The third-order valence-corrected chi connectivity index (χ3v) is 5.14. The summed E-state index contributed by atoms with van der Waals surface area (Å²) in [4.78, 5) is 0. The summed E-state index contributed by atoms with van der Waals surface area (Å²) in [6.45, 7) is 6.75. The summed E-state index contributed by atoms with van der Waals surface area (Å²) in [7, 11) is 0. The first-order valence-electron chi connectivity index (χ1n) is 10.5. The quantitative estimate of drug-likeness (QED) is 0.325. The SMILES string of the molecule is CCCCCCCCCc1n(CC)cc[n+]1CCCc1ccccc1. The first-order chi connectivity index (χ1) is 12.3. The normalized spacial score (nSPS) is 11.1. The fourth-order valence-corrected chi connectivity index (χ4v) is 3.62. The Morgan fingerprint density at radius 3 is 2.24 bits per heavy atom. The summed E-state index contributed by atoms with van der Waals surface area (Å²) < 4.78 is 4.92. The second kappa shape index (κ2) is 11.9. The molecule has 2 rings (SSSR count). The van der Waals surface area contributed by atoms with Crippen molar-refractivity contribution in [1.82, 2.24) is 4.57 Å². The molecule has 0 amide bonds. The maximum Gasteiger partial charge on any atom is 0.256 e. The van der Waals surface area contributed by atoms with E-state index in [0.29, 0.717) is 0 Å². The molecule has 1 heterocycles.